The number of rotatable bonds is 0. The van der Waals surface area contributed by atoms with E-state index in [1.54, 1.807) is 19.1 Å². The summed E-state index contributed by atoms with van der Waals surface area (Å²) in [6, 6.07) is 0. The van der Waals surface area contributed by atoms with Crippen LogP contribution in [0.1, 0.15) is 0 Å². The fraction of sp³-hybridized carbons (Fsp3) is 0.600. The summed E-state index contributed by atoms with van der Waals surface area (Å²) in [5.74, 6) is -0.752. The van der Waals surface area contributed by atoms with Crippen molar-refractivity contribution >= 4 is 11.7 Å². The number of hydrogen-bond donors (Lipinski definition) is 0. The number of carbonyl (C=O) groups is 2. The van der Waals surface area contributed by atoms with Crippen molar-refractivity contribution in [3.63, 3.8) is 0 Å². The van der Waals surface area contributed by atoms with Crippen molar-refractivity contribution < 1.29 is 9.59 Å². The van der Waals surface area contributed by atoms with Crippen molar-refractivity contribution in [2.45, 2.75) is 0 Å². The van der Waals surface area contributed by atoms with Crippen molar-refractivity contribution in [1.82, 2.24) is 10.0 Å². The summed E-state index contributed by atoms with van der Waals surface area (Å²) in [5, 5.41) is 2.88. The van der Waals surface area contributed by atoms with Gasteiger partial charge in [0.25, 0.3) is 0 Å². The molecule has 0 aromatic rings. The van der Waals surface area contributed by atoms with Gasteiger partial charge >= 0.3 is 5.91 Å². The van der Waals surface area contributed by atoms with Crippen LogP contribution in [0.15, 0.2) is 0 Å². The first-order valence-electron chi connectivity index (χ1n) is 2.65. The van der Waals surface area contributed by atoms with E-state index in [0.29, 0.717) is 0 Å². The van der Waals surface area contributed by atoms with Gasteiger partial charge in [-0.1, -0.05) is 0 Å². The van der Waals surface area contributed by atoms with E-state index in [2.05, 4.69) is 0 Å². The first-order valence-corrected chi connectivity index (χ1v) is 2.65. The van der Waals surface area contributed by atoms with Crippen LogP contribution in [0.5, 0.6) is 0 Å². The number of carbonyl (C=O) groups excluding carboxylic acids is 2. The lowest BCUT2D eigenvalue weighted by Crippen LogP contribution is -2.32. The molecule has 9 heavy (non-hydrogen) atoms. The molecule has 4 heteroatoms. The summed E-state index contributed by atoms with van der Waals surface area (Å²) < 4.78 is 0. The van der Waals surface area contributed by atoms with Crippen molar-refractivity contribution in [2.24, 2.45) is 0 Å². The second-order valence-corrected chi connectivity index (χ2v) is 2.07. The predicted molar refractivity (Wildman–Crippen MR) is 30.4 cm³/mol. The first kappa shape index (κ1) is 6.22. The molecule has 4 nitrogen and oxygen atoms in total. The van der Waals surface area contributed by atoms with Crippen LogP contribution >= 0.6 is 0 Å². The third kappa shape index (κ3) is 0.810. The van der Waals surface area contributed by atoms with Crippen molar-refractivity contribution in [1.29, 1.82) is 0 Å². The van der Waals surface area contributed by atoms with Crippen molar-refractivity contribution in [3.05, 3.63) is 0 Å². The Balaban J connectivity index is 2.77. The zero-order chi connectivity index (χ0) is 7.02. The van der Waals surface area contributed by atoms with Crippen LogP contribution in [-0.4, -0.2) is 42.3 Å². The maximum Gasteiger partial charge on any atom is 0.305 e. The molecule has 0 N–H and O–H groups in total. The summed E-state index contributed by atoms with van der Waals surface area (Å²) in [4.78, 5) is 21.2. The highest BCUT2D eigenvalue weighted by atomic mass is 16.2. The molecule has 1 heterocycles. The van der Waals surface area contributed by atoms with Gasteiger partial charge < -0.3 is 0 Å². The maximum absolute atomic E-state index is 10.7. The van der Waals surface area contributed by atoms with Crippen LogP contribution < -0.4 is 0 Å². The Labute approximate surface area is 53.0 Å². The van der Waals surface area contributed by atoms with E-state index in [-0.39, 0.29) is 12.3 Å². The molecule has 0 saturated carbocycles. The molecule has 0 aliphatic carbocycles. The van der Waals surface area contributed by atoms with E-state index in [1.165, 1.54) is 5.01 Å². The second-order valence-electron chi connectivity index (χ2n) is 2.07. The van der Waals surface area contributed by atoms with Crippen molar-refractivity contribution in [2.75, 3.05) is 20.6 Å². The minimum absolute atomic E-state index is 0.218. The van der Waals surface area contributed by atoms with Crippen LogP contribution in [0.3, 0.4) is 0 Å². The Morgan fingerprint density at radius 1 is 1.33 bits per heavy atom. The fourth-order valence-corrected chi connectivity index (χ4v) is 0.717. The number of Topliss-reactive ketones (excluding diaryl/α,β-unsaturated/α-hetero) is 1. The third-order valence-corrected chi connectivity index (χ3v) is 1.42. The van der Waals surface area contributed by atoms with Crippen molar-refractivity contribution in [3.8, 4) is 0 Å². The summed E-state index contributed by atoms with van der Waals surface area (Å²) >= 11 is 0. The molecule has 1 fully saturated rings. The Morgan fingerprint density at radius 3 is 2.00 bits per heavy atom. The van der Waals surface area contributed by atoms with Gasteiger partial charge in [0.15, 0.2) is 0 Å². The van der Waals surface area contributed by atoms with E-state index in [1.807, 2.05) is 0 Å². The van der Waals surface area contributed by atoms with E-state index < -0.39 is 5.91 Å². The zero-order valence-corrected chi connectivity index (χ0v) is 5.42. The molecule has 1 rings (SSSR count). The molecule has 0 bridgehead atoms. The minimum atomic E-state index is -0.419. The number of nitrogens with zero attached hydrogens (tertiary/aromatic N) is 2. The second kappa shape index (κ2) is 1.80. The molecule has 0 atom stereocenters. The monoisotopic (exact) mass is 128 g/mol. The molecule has 1 aliphatic heterocycles. The summed E-state index contributed by atoms with van der Waals surface area (Å²) in [5.41, 5.74) is 0. The molecule has 0 aromatic heterocycles. The largest absolute Gasteiger partial charge is 0.305 e. The van der Waals surface area contributed by atoms with Crippen LogP contribution in [0.2, 0.25) is 0 Å². The highest BCUT2D eigenvalue weighted by Gasteiger charge is 2.30. The standard InChI is InChI=1S/C5H8N2O2/c1-6-3-4(8)5(9)7(6)2/h3H2,1-2H3. The van der Waals surface area contributed by atoms with Gasteiger partial charge in [-0.15, -0.1) is 0 Å². The molecular formula is C5H8N2O2. The van der Waals surface area contributed by atoms with Gasteiger partial charge in [-0.3, -0.25) is 14.6 Å². The minimum Gasteiger partial charge on any atom is -0.287 e. The van der Waals surface area contributed by atoms with E-state index in [0.717, 1.165) is 0 Å². The summed E-state index contributed by atoms with van der Waals surface area (Å²) in [6.07, 6.45) is 0. The lowest BCUT2D eigenvalue weighted by atomic mass is 10.4. The van der Waals surface area contributed by atoms with Crippen LogP contribution in [-0.2, 0) is 9.59 Å². The Morgan fingerprint density at radius 2 is 1.89 bits per heavy atom. The average Bonchev–Trinajstić information content (AvgIpc) is 1.98. The number of amides is 1. The predicted octanol–water partition coefficient (Wildman–Crippen LogP) is -1.13. The Hall–Kier alpha value is -0.900. The normalized spacial score (nSPS) is 21.8. The topological polar surface area (TPSA) is 40.6 Å². The molecule has 0 aromatic carbocycles. The first-order chi connectivity index (χ1) is 4.13. The number of hydrogen-bond acceptors (Lipinski definition) is 3. The molecule has 1 amide bonds. The van der Waals surface area contributed by atoms with Gasteiger partial charge in [0, 0.05) is 14.1 Å². The van der Waals surface area contributed by atoms with Crippen LogP contribution in [0, 0.1) is 0 Å². The highest BCUT2D eigenvalue weighted by molar-refractivity contribution is 6.38. The van der Waals surface area contributed by atoms with E-state index >= 15 is 0 Å². The van der Waals surface area contributed by atoms with Gasteiger partial charge in [0.05, 0.1) is 6.54 Å². The van der Waals surface area contributed by atoms with Crippen LogP contribution in [0.25, 0.3) is 0 Å². The molecular weight excluding hydrogens is 120 g/mol. The van der Waals surface area contributed by atoms with Gasteiger partial charge in [-0.05, 0) is 0 Å². The Bertz CT molecular complexity index is 166. The lowest BCUT2D eigenvalue weighted by molar-refractivity contribution is -0.141. The molecule has 0 spiro atoms. The number of likely N-dealkylation sites (N-methyl/N-ethyl adjacent to an activating group) is 2. The molecule has 0 unspecified atom stereocenters. The van der Waals surface area contributed by atoms with Gasteiger partial charge in [0.2, 0.25) is 5.78 Å². The quantitative estimate of drug-likeness (QED) is 0.388. The fourth-order valence-electron chi connectivity index (χ4n) is 0.717. The molecule has 1 aliphatic rings. The smallest absolute Gasteiger partial charge is 0.287 e. The van der Waals surface area contributed by atoms with Crippen LogP contribution in [0.4, 0.5) is 0 Å². The van der Waals surface area contributed by atoms with E-state index in [4.69, 9.17) is 0 Å². The lowest BCUT2D eigenvalue weighted by Gasteiger charge is -2.15. The summed E-state index contributed by atoms with van der Waals surface area (Å²) in [6.45, 7) is 0.218. The third-order valence-electron chi connectivity index (χ3n) is 1.42. The number of ketones is 1. The molecule has 50 valence electrons. The van der Waals surface area contributed by atoms with Gasteiger partial charge in [-0.2, -0.15) is 0 Å². The SMILES string of the molecule is CN1CC(=O)C(=O)N1C. The van der Waals surface area contributed by atoms with Gasteiger partial charge in [0.1, 0.15) is 0 Å². The maximum atomic E-state index is 10.7. The van der Waals surface area contributed by atoms with Gasteiger partial charge in [-0.25, -0.2) is 5.01 Å². The average molecular weight is 128 g/mol. The highest BCUT2D eigenvalue weighted by Crippen LogP contribution is 2.01. The summed E-state index contributed by atoms with van der Waals surface area (Å²) in [7, 11) is 3.27. The van der Waals surface area contributed by atoms with E-state index in [9.17, 15) is 9.59 Å². The molecule has 1 saturated heterocycles. The molecule has 0 radical (unpaired) electrons. The Kier molecular flexibility index (Phi) is 1.25. The zero-order valence-electron chi connectivity index (χ0n) is 5.42. The number of hydrazine groups is 1.